The average Bonchev–Trinajstić information content (AvgIpc) is 3.15. The second-order valence-electron chi connectivity index (χ2n) is 5.99. The van der Waals surface area contributed by atoms with Gasteiger partial charge in [-0.3, -0.25) is 0 Å². The van der Waals surface area contributed by atoms with Gasteiger partial charge < -0.3 is 18.6 Å². The van der Waals surface area contributed by atoms with Gasteiger partial charge in [0.1, 0.15) is 17.2 Å². The zero-order chi connectivity index (χ0) is 18.5. The maximum absolute atomic E-state index is 11.9. The summed E-state index contributed by atoms with van der Waals surface area (Å²) in [5.74, 6) is 1.25. The number of benzene rings is 2. The molecule has 0 saturated carbocycles. The average molecular weight is 352 g/mol. The Labute approximate surface area is 152 Å². The first-order valence-electron chi connectivity index (χ1n) is 8.25. The zero-order valence-corrected chi connectivity index (χ0v) is 14.9. The molecule has 26 heavy (non-hydrogen) atoms. The number of carbonyl (C=O) groups excluding carboxylic acids is 1. The monoisotopic (exact) mass is 352 g/mol. The summed E-state index contributed by atoms with van der Waals surface area (Å²) >= 11 is 0. The Kier molecular flexibility index (Phi) is 5.27. The lowest BCUT2D eigenvalue weighted by atomic mass is 10.1. The fraction of sp³-hybridized carbons (Fsp3) is 0.190. The molecule has 5 heteroatoms. The molecule has 0 fully saturated rings. The quantitative estimate of drug-likeness (QED) is 0.563. The molecule has 0 aliphatic heterocycles. The van der Waals surface area contributed by atoms with Crippen LogP contribution in [0.25, 0.3) is 11.1 Å². The Balaban J connectivity index is 1.84. The van der Waals surface area contributed by atoms with Crippen LogP contribution in [-0.2, 0) is 4.74 Å². The Bertz CT molecular complexity index is 864. The van der Waals surface area contributed by atoms with Gasteiger partial charge in [-0.15, -0.1) is 0 Å². The van der Waals surface area contributed by atoms with Crippen molar-refractivity contribution in [2.75, 3.05) is 7.11 Å². The van der Waals surface area contributed by atoms with Gasteiger partial charge in [0, 0.05) is 11.6 Å². The molecule has 5 nitrogen and oxygen atoms in total. The predicted molar refractivity (Wildman–Crippen MR) is 97.8 cm³/mol. The lowest BCUT2D eigenvalue weighted by molar-refractivity contribution is 0.0599. The smallest absolute Gasteiger partial charge is 0.338 e. The minimum absolute atomic E-state index is 0.0232. The number of carbonyl (C=O) groups is 1. The molecule has 134 valence electrons. The van der Waals surface area contributed by atoms with Crippen molar-refractivity contribution in [3.05, 3.63) is 66.6 Å². The van der Waals surface area contributed by atoms with Gasteiger partial charge in [0.25, 0.3) is 0 Å². The zero-order valence-electron chi connectivity index (χ0n) is 14.9. The van der Waals surface area contributed by atoms with Gasteiger partial charge in [-0.2, -0.15) is 0 Å². The highest BCUT2D eigenvalue weighted by atomic mass is 16.5. The third-order valence-electron chi connectivity index (χ3n) is 3.62. The van der Waals surface area contributed by atoms with Gasteiger partial charge in [0.05, 0.1) is 31.3 Å². The van der Waals surface area contributed by atoms with Gasteiger partial charge >= 0.3 is 5.97 Å². The Morgan fingerprint density at radius 3 is 2.27 bits per heavy atom. The van der Waals surface area contributed by atoms with Crippen molar-refractivity contribution in [1.82, 2.24) is 0 Å². The van der Waals surface area contributed by atoms with Crippen LogP contribution in [0.3, 0.4) is 0 Å². The summed E-state index contributed by atoms with van der Waals surface area (Å²) in [4.78, 5) is 11.9. The fourth-order valence-corrected chi connectivity index (χ4v) is 2.49. The normalized spacial score (nSPS) is 10.6. The highest BCUT2D eigenvalue weighted by Gasteiger charge is 2.12. The van der Waals surface area contributed by atoms with Crippen LogP contribution in [0.2, 0.25) is 0 Å². The van der Waals surface area contributed by atoms with Crippen LogP contribution in [-0.4, -0.2) is 19.2 Å². The molecule has 0 bridgehead atoms. The molecule has 0 saturated heterocycles. The Morgan fingerprint density at radius 2 is 1.65 bits per heavy atom. The summed E-state index contributed by atoms with van der Waals surface area (Å²) in [6, 6.07) is 14.5. The van der Waals surface area contributed by atoms with E-state index in [9.17, 15) is 4.79 Å². The highest BCUT2D eigenvalue weighted by Crippen LogP contribution is 2.30. The third kappa shape index (κ3) is 4.25. The molecule has 0 spiro atoms. The first-order chi connectivity index (χ1) is 12.5. The van der Waals surface area contributed by atoms with Crippen molar-refractivity contribution in [2.24, 2.45) is 0 Å². The first kappa shape index (κ1) is 17.6. The third-order valence-corrected chi connectivity index (χ3v) is 3.62. The van der Waals surface area contributed by atoms with E-state index in [0.717, 1.165) is 11.1 Å². The van der Waals surface area contributed by atoms with Crippen molar-refractivity contribution >= 4 is 5.97 Å². The van der Waals surface area contributed by atoms with Crippen LogP contribution in [0.1, 0.15) is 24.2 Å². The molecule has 0 N–H and O–H groups in total. The van der Waals surface area contributed by atoms with E-state index in [-0.39, 0.29) is 6.10 Å². The van der Waals surface area contributed by atoms with Crippen molar-refractivity contribution in [3.8, 4) is 28.4 Å². The standard InChI is InChI=1S/C21H20O5/c1-14(2)25-19-10-17(21(22)23-3)11-20(12-19)26-18-6-4-15(5-7-18)16-8-9-24-13-16/h4-14H,1-3H3. The van der Waals surface area contributed by atoms with Gasteiger partial charge in [-0.05, 0) is 49.7 Å². The highest BCUT2D eigenvalue weighted by molar-refractivity contribution is 5.90. The van der Waals surface area contributed by atoms with E-state index in [4.69, 9.17) is 18.6 Å². The molecule has 1 heterocycles. The molecule has 1 aromatic heterocycles. The van der Waals surface area contributed by atoms with E-state index in [1.54, 1.807) is 30.7 Å². The lowest BCUT2D eigenvalue weighted by Gasteiger charge is -2.13. The number of methoxy groups -OCH3 is 1. The van der Waals surface area contributed by atoms with Crippen LogP contribution in [0.4, 0.5) is 0 Å². The van der Waals surface area contributed by atoms with Crippen molar-refractivity contribution in [2.45, 2.75) is 20.0 Å². The lowest BCUT2D eigenvalue weighted by Crippen LogP contribution is -2.07. The molecule has 0 aliphatic carbocycles. The van der Waals surface area contributed by atoms with Crippen LogP contribution < -0.4 is 9.47 Å². The van der Waals surface area contributed by atoms with Crippen LogP contribution >= 0.6 is 0 Å². The van der Waals surface area contributed by atoms with E-state index in [2.05, 4.69) is 0 Å². The topological polar surface area (TPSA) is 57.9 Å². The number of hydrogen-bond acceptors (Lipinski definition) is 5. The Hall–Kier alpha value is -3.21. The van der Waals surface area contributed by atoms with Gasteiger partial charge in [-0.1, -0.05) is 12.1 Å². The van der Waals surface area contributed by atoms with E-state index in [1.807, 2.05) is 44.2 Å². The molecule has 0 aliphatic rings. The van der Waals surface area contributed by atoms with Crippen molar-refractivity contribution < 1.29 is 23.4 Å². The number of furan rings is 1. The summed E-state index contributed by atoms with van der Waals surface area (Å²) in [7, 11) is 1.34. The molecule has 3 rings (SSSR count). The molecule has 0 radical (unpaired) electrons. The number of rotatable bonds is 6. The summed E-state index contributed by atoms with van der Waals surface area (Å²) in [6.45, 7) is 3.83. The summed E-state index contributed by atoms with van der Waals surface area (Å²) < 4.78 is 21.5. The molecule has 2 aromatic carbocycles. The van der Waals surface area contributed by atoms with E-state index < -0.39 is 5.97 Å². The maximum Gasteiger partial charge on any atom is 0.338 e. The predicted octanol–water partition coefficient (Wildman–Crippen LogP) is 5.31. The van der Waals surface area contributed by atoms with Gasteiger partial charge in [0.15, 0.2) is 0 Å². The largest absolute Gasteiger partial charge is 0.491 e. The molecule has 0 atom stereocenters. The van der Waals surface area contributed by atoms with Crippen molar-refractivity contribution in [3.63, 3.8) is 0 Å². The summed E-state index contributed by atoms with van der Waals surface area (Å²) in [6.07, 6.45) is 3.30. The number of hydrogen-bond donors (Lipinski definition) is 0. The minimum atomic E-state index is -0.445. The molecule has 0 unspecified atom stereocenters. The Morgan fingerprint density at radius 1 is 0.923 bits per heavy atom. The maximum atomic E-state index is 11.9. The van der Waals surface area contributed by atoms with Crippen LogP contribution in [0.15, 0.2) is 65.5 Å². The number of ether oxygens (including phenoxy) is 3. The SMILES string of the molecule is COC(=O)c1cc(Oc2ccc(-c3ccoc3)cc2)cc(OC(C)C)c1. The van der Waals surface area contributed by atoms with Crippen LogP contribution in [0, 0.1) is 0 Å². The van der Waals surface area contributed by atoms with Crippen molar-refractivity contribution in [1.29, 1.82) is 0 Å². The summed E-state index contributed by atoms with van der Waals surface area (Å²) in [5, 5.41) is 0. The summed E-state index contributed by atoms with van der Waals surface area (Å²) in [5.41, 5.74) is 2.39. The van der Waals surface area contributed by atoms with E-state index >= 15 is 0 Å². The molecule has 3 aromatic rings. The van der Waals surface area contributed by atoms with Crippen LogP contribution in [0.5, 0.6) is 17.2 Å². The second-order valence-corrected chi connectivity index (χ2v) is 5.99. The first-order valence-corrected chi connectivity index (χ1v) is 8.25. The molecular formula is C21H20O5. The van der Waals surface area contributed by atoms with E-state index in [1.165, 1.54) is 7.11 Å². The van der Waals surface area contributed by atoms with E-state index in [0.29, 0.717) is 22.8 Å². The second kappa shape index (κ2) is 7.78. The van der Waals surface area contributed by atoms with Gasteiger partial charge in [-0.25, -0.2) is 4.79 Å². The molecular weight excluding hydrogens is 332 g/mol. The number of esters is 1. The molecule has 0 amide bonds. The fourth-order valence-electron chi connectivity index (χ4n) is 2.49. The minimum Gasteiger partial charge on any atom is -0.491 e. The van der Waals surface area contributed by atoms with Gasteiger partial charge in [0.2, 0.25) is 0 Å².